The van der Waals surface area contributed by atoms with E-state index in [-0.39, 0.29) is 11.3 Å². The van der Waals surface area contributed by atoms with E-state index < -0.39 is 22.9 Å². The molecule has 0 saturated carbocycles. The van der Waals surface area contributed by atoms with Crippen molar-refractivity contribution in [2.45, 2.75) is 6.43 Å². The van der Waals surface area contributed by atoms with Gasteiger partial charge >= 0.3 is 0 Å². The fourth-order valence-electron chi connectivity index (χ4n) is 0.980. The van der Waals surface area contributed by atoms with E-state index in [1.165, 1.54) is 6.07 Å². The van der Waals surface area contributed by atoms with Crippen molar-refractivity contribution in [2.75, 3.05) is 5.73 Å². The number of nitriles is 1. The molecule has 1 rings (SSSR count). The predicted octanol–water partition coefficient (Wildman–Crippen LogP) is 1.85. The van der Waals surface area contributed by atoms with Gasteiger partial charge in [0, 0.05) is 6.20 Å². The maximum absolute atomic E-state index is 12.3. The Kier molecular flexibility index (Phi) is 3.17. The first-order valence-electron chi connectivity index (χ1n) is 3.65. The topological polar surface area (TPSA) is 79.8 Å². The zero-order valence-electron chi connectivity index (χ0n) is 7.17. The molecule has 78 valence electrons. The third-order valence-corrected chi connectivity index (χ3v) is 1.88. The molecular formula is C8H4ClF2N3O. The van der Waals surface area contributed by atoms with Gasteiger partial charge in [-0.3, -0.25) is 9.78 Å². The van der Waals surface area contributed by atoms with Crippen LogP contribution in [0.1, 0.15) is 28.0 Å². The fraction of sp³-hybridized carbons (Fsp3) is 0.125. The molecule has 1 aromatic rings. The number of hydrogen-bond donors (Lipinski definition) is 1. The van der Waals surface area contributed by atoms with Gasteiger partial charge in [-0.25, -0.2) is 8.78 Å². The minimum Gasteiger partial charge on any atom is -0.397 e. The Labute approximate surface area is 88.3 Å². The molecule has 7 heteroatoms. The van der Waals surface area contributed by atoms with Crippen LogP contribution in [0, 0.1) is 11.3 Å². The van der Waals surface area contributed by atoms with Crippen molar-refractivity contribution in [2.24, 2.45) is 0 Å². The summed E-state index contributed by atoms with van der Waals surface area (Å²) in [5, 5.41) is 7.65. The lowest BCUT2D eigenvalue weighted by atomic mass is 10.1. The molecule has 0 bridgehead atoms. The minimum atomic E-state index is -2.93. The van der Waals surface area contributed by atoms with Gasteiger partial charge in [-0.1, -0.05) is 0 Å². The largest absolute Gasteiger partial charge is 0.397 e. The highest BCUT2D eigenvalue weighted by Gasteiger charge is 2.21. The summed E-state index contributed by atoms with van der Waals surface area (Å²) in [6, 6.07) is 1.46. The number of nitrogens with zero attached hydrogens (tertiary/aromatic N) is 2. The molecule has 1 aromatic heterocycles. The summed E-state index contributed by atoms with van der Waals surface area (Å²) in [7, 11) is 0. The number of pyridine rings is 1. The highest BCUT2D eigenvalue weighted by atomic mass is 35.5. The fourth-order valence-corrected chi connectivity index (χ4v) is 1.13. The van der Waals surface area contributed by atoms with E-state index in [9.17, 15) is 13.6 Å². The van der Waals surface area contributed by atoms with Crippen LogP contribution < -0.4 is 5.73 Å². The first-order valence-corrected chi connectivity index (χ1v) is 4.03. The molecular weight excluding hydrogens is 228 g/mol. The van der Waals surface area contributed by atoms with E-state index in [1.807, 2.05) is 0 Å². The summed E-state index contributed by atoms with van der Waals surface area (Å²) in [6.07, 6.45) is -2.10. The molecule has 4 nitrogen and oxygen atoms in total. The van der Waals surface area contributed by atoms with E-state index in [0.29, 0.717) is 0 Å². The Bertz CT molecular complexity index is 456. The third-order valence-electron chi connectivity index (χ3n) is 1.68. The van der Waals surface area contributed by atoms with E-state index in [4.69, 9.17) is 22.6 Å². The lowest BCUT2D eigenvalue weighted by molar-refractivity contribution is 0.108. The van der Waals surface area contributed by atoms with Crippen LogP contribution in [0.2, 0.25) is 0 Å². The SMILES string of the molecule is N#Cc1c(C(F)F)ncc(C(=O)Cl)c1N. The smallest absolute Gasteiger partial charge is 0.281 e. The standard InChI is InChI=1S/C8H4ClF2N3O/c9-7(15)4-2-14-6(8(10)11)3(1-12)5(4)13/h2,8H,(H2,13,14). The van der Waals surface area contributed by atoms with Crippen LogP contribution >= 0.6 is 11.6 Å². The van der Waals surface area contributed by atoms with Crippen molar-refractivity contribution < 1.29 is 13.6 Å². The van der Waals surface area contributed by atoms with Crippen molar-refractivity contribution in [3.63, 3.8) is 0 Å². The number of hydrogen-bond acceptors (Lipinski definition) is 4. The Morgan fingerprint density at radius 2 is 2.27 bits per heavy atom. The van der Waals surface area contributed by atoms with Crippen molar-refractivity contribution in [3.05, 3.63) is 23.0 Å². The average Bonchev–Trinajstić information content (AvgIpc) is 2.16. The lowest BCUT2D eigenvalue weighted by Gasteiger charge is -2.06. The normalized spacial score (nSPS) is 10.1. The van der Waals surface area contributed by atoms with E-state index in [1.54, 1.807) is 0 Å². The molecule has 0 aromatic carbocycles. The molecule has 0 radical (unpaired) electrons. The quantitative estimate of drug-likeness (QED) is 0.788. The number of nitrogens with two attached hydrogens (primary N) is 1. The van der Waals surface area contributed by atoms with Gasteiger partial charge in [0.15, 0.2) is 0 Å². The van der Waals surface area contributed by atoms with Crippen LogP contribution in [0.15, 0.2) is 6.20 Å². The number of carbonyl (C=O) groups excluding carboxylic acids is 1. The number of carbonyl (C=O) groups is 1. The second kappa shape index (κ2) is 4.19. The monoisotopic (exact) mass is 231 g/mol. The summed E-state index contributed by atoms with van der Waals surface area (Å²) in [4.78, 5) is 14.0. The number of anilines is 1. The van der Waals surface area contributed by atoms with Crippen LogP contribution in [0.25, 0.3) is 0 Å². The molecule has 2 N–H and O–H groups in total. The summed E-state index contributed by atoms with van der Waals surface area (Å²) < 4.78 is 24.7. The highest BCUT2D eigenvalue weighted by molar-refractivity contribution is 6.68. The second-order valence-electron chi connectivity index (χ2n) is 2.53. The number of rotatable bonds is 2. The van der Waals surface area contributed by atoms with Crippen molar-refractivity contribution in [3.8, 4) is 6.07 Å². The van der Waals surface area contributed by atoms with Gasteiger partial charge in [-0.2, -0.15) is 5.26 Å². The van der Waals surface area contributed by atoms with Crippen molar-refractivity contribution >= 4 is 22.5 Å². The van der Waals surface area contributed by atoms with Crippen molar-refractivity contribution in [1.29, 1.82) is 5.26 Å². The van der Waals surface area contributed by atoms with Gasteiger partial charge in [0.05, 0.1) is 11.3 Å². The molecule has 1 heterocycles. The first-order chi connectivity index (χ1) is 6.99. The van der Waals surface area contributed by atoms with Crippen molar-refractivity contribution in [1.82, 2.24) is 4.98 Å². The highest BCUT2D eigenvalue weighted by Crippen LogP contribution is 2.27. The Morgan fingerprint density at radius 1 is 1.67 bits per heavy atom. The molecule has 0 aliphatic rings. The number of alkyl halides is 2. The van der Waals surface area contributed by atoms with E-state index >= 15 is 0 Å². The van der Waals surface area contributed by atoms with Gasteiger partial charge in [-0.05, 0) is 11.6 Å². The molecule has 0 saturated heterocycles. The zero-order valence-corrected chi connectivity index (χ0v) is 7.92. The van der Waals surface area contributed by atoms with E-state index in [2.05, 4.69) is 4.98 Å². The zero-order chi connectivity index (χ0) is 11.6. The number of aromatic nitrogens is 1. The van der Waals surface area contributed by atoms with Crippen LogP contribution in [0.5, 0.6) is 0 Å². The van der Waals surface area contributed by atoms with Gasteiger partial charge in [-0.15, -0.1) is 0 Å². The number of halogens is 3. The maximum atomic E-state index is 12.3. The number of nitrogen functional groups attached to an aromatic ring is 1. The Balaban J connectivity index is 3.48. The molecule has 0 fully saturated rings. The lowest BCUT2D eigenvalue weighted by Crippen LogP contribution is -2.06. The molecule has 0 unspecified atom stereocenters. The summed E-state index contributed by atoms with van der Waals surface area (Å²) in [5.74, 6) is 0. The van der Waals surface area contributed by atoms with Crippen LogP contribution in [0.4, 0.5) is 14.5 Å². The molecule has 0 aliphatic carbocycles. The molecule has 0 atom stereocenters. The van der Waals surface area contributed by atoms with Crippen LogP contribution in [-0.2, 0) is 0 Å². The molecule has 0 aliphatic heterocycles. The van der Waals surface area contributed by atoms with Gasteiger partial charge < -0.3 is 5.73 Å². The molecule has 15 heavy (non-hydrogen) atoms. The van der Waals surface area contributed by atoms with Gasteiger partial charge in [0.1, 0.15) is 17.3 Å². The second-order valence-corrected chi connectivity index (χ2v) is 2.88. The van der Waals surface area contributed by atoms with E-state index in [0.717, 1.165) is 6.20 Å². The minimum absolute atomic E-state index is 0.252. The summed E-state index contributed by atoms with van der Waals surface area (Å²) >= 11 is 5.11. The Hall–Kier alpha value is -1.74. The van der Waals surface area contributed by atoms with Gasteiger partial charge in [0.25, 0.3) is 11.7 Å². The summed E-state index contributed by atoms with van der Waals surface area (Å²) in [5.41, 5.74) is 3.44. The molecule has 0 spiro atoms. The predicted molar refractivity (Wildman–Crippen MR) is 48.5 cm³/mol. The first kappa shape index (κ1) is 11.3. The summed E-state index contributed by atoms with van der Waals surface area (Å²) in [6.45, 7) is 0. The third kappa shape index (κ3) is 2.02. The maximum Gasteiger partial charge on any atom is 0.281 e. The van der Waals surface area contributed by atoms with Gasteiger partial charge in [0.2, 0.25) is 0 Å². The Morgan fingerprint density at radius 3 is 2.67 bits per heavy atom. The average molecular weight is 232 g/mol. The molecule has 0 amide bonds. The van der Waals surface area contributed by atoms with Crippen LogP contribution in [0.3, 0.4) is 0 Å². The van der Waals surface area contributed by atoms with Crippen LogP contribution in [-0.4, -0.2) is 10.2 Å².